The Morgan fingerprint density at radius 3 is 2.46 bits per heavy atom. The second-order valence-corrected chi connectivity index (χ2v) is 15.2. The zero-order valence-electron chi connectivity index (χ0n) is 28.4. The van der Waals surface area contributed by atoms with E-state index >= 15 is 0 Å². The van der Waals surface area contributed by atoms with Crippen molar-refractivity contribution in [2.75, 3.05) is 6.54 Å². The maximum absolute atomic E-state index is 14.5. The summed E-state index contributed by atoms with van der Waals surface area (Å²) in [6.45, 7) is 9.34. The minimum absolute atomic E-state index is 0.0100. The third kappa shape index (κ3) is 7.14. The minimum Gasteiger partial charge on any atom is -0.471 e. The summed E-state index contributed by atoms with van der Waals surface area (Å²) in [5, 5.41) is 21.9. The van der Waals surface area contributed by atoms with Crippen LogP contribution < -0.4 is 26.0 Å². The minimum atomic E-state index is -1.36. The molecule has 0 radical (unpaired) electrons. The Balaban J connectivity index is 1.31. The van der Waals surface area contributed by atoms with Crippen LogP contribution in [0, 0.1) is 22.8 Å². The molecule has 3 aromatic rings. The molecule has 0 bridgehead atoms. The number of carbonyl (C=O) groups is 4. The van der Waals surface area contributed by atoms with Gasteiger partial charge in [0.25, 0.3) is 5.91 Å². The van der Waals surface area contributed by atoms with Crippen molar-refractivity contribution >= 4 is 46.1 Å². The number of hydrogen-bond donors (Lipinski definition) is 4. The summed E-state index contributed by atoms with van der Waals surface area (Å²) < 4.78 is 6.53. The molecule has 14 heteroatoms. The van der Waals surface area contributed by atoms with Crippen molar-refractivity contribution in [3.05, 3.63) is 54.4 Å². The van der Waals surface area contributed by atoms with Gasteiger partial charge in [-0.05, 0) is 48.3 Å². The summed E-state index contributed by atoms with van der Waals surface area (Å²) in [6, 6.07) is 8.83. The van der Waals surface area contributed by atoms with Crippen molar-refractivity contribution < 1.29 is 23.9 Å². The van der Waals surface area contributed by atoms with E-state index < -0.39 is 52.9 Å². The number of carbonyl (C=O) groups excluding carboxylic acids is 4. The zero-order valence-corrected chi connectivity index (χ0v) is 29.2. The summed E-state index contributed by atoms with van der Waals surface area (Å²) in [4.78, 5) is 66.7. The molecule has 4 N–H and O–H groups in total. The monoisotopic (exact) mass is 698 g/mol. The Morgan fingerprint density at radius 2 is 1.84 bits per heavy atom. The van der Waals surface area contributed by atoms with Crippen LogP contribution >= 0.6 is 11.3 Å². The molecule has 1 unspecified atom stereocenters. The van der Waals surface area contributed by atoms with Gasteiger partial charge in [-0.25, -0.2) is 14.8 Å². The number of urea groups is 1. The topological polar surface area (TPSA) is 178 Å². The maximum atomic E-state index is 14.5. The van der Waals surface area contributed by atoms with Crippen molar-refractivity contribution in [1.29, 1.82) is 5.26 Å². The number of amides is 5. The summed E-state index contributed by atoms with van der Waals surface area (Å²) in [7, 11) is 0. The number of hydrogen-bond acceptors (Lipinski definition) is 9. The molecule has 3 heterocycles. The van der Waals surface area contributed by atoms with Crippen molar-refractivity contribution in [3.8, 4) is 22.6 Å². The number of thiophene rings is 1. The molecular weight excluding hydrogens is 657 g/mol. The molecule has 5 amide bonds. The molecule has 5 atom stereocenters. The molecule has 2 aromatic heterocycles. The molecule has 2 aliphatic carbocycles. The van der Waals surface area contributed by atoms with Gasteiger partial charge in [0.15, 0.2) is 6.19 Å². The predicted octanol–water partition coefficient (Wildman–Crippen LogP) is 4.02. The van der Waals surface area contributed by atoms with E-state index in [1.165, 1.54) is 16.2 Å². The smallest absolute Gasteiger partial charge is 0.315 e. The quantitative estimate of drug-likeness (QED) is 0.139. The molecule has 6 rings (SSSR count). The third-order valence-electron chi connectivity index (χ3n) is 9.72. The van der Waals surface area contributed by atoms with Crippen LogP contribution in [0.4, 0.5) is 4.79 Å². The van der Waals surface area contributed by atoms with Gasteiger partial charge in [-0.2, -0.15) is 5.26 Å². The number of nitrogens with zero attached hydrogens (tertiary/aromatic N) is 4. The highest BCUT2D eigenvalue weighted by molar-refractivity contribution is 7.13. The normalized spacial score (nSPS) is 23.8. The Hall–Kier alpha value is -5.03. The summed E-state index contributed by atoms with van der Waals surface area (Å²) in [6.07, 6.45) is 6.70. The Morgan fingerprint density at radius 1 is 1.12 bits per heavy atom. The number of fused-ring (bicyclic) bond motifs is 1. The van der Waals surface area contributed by atoms with Crippen molar-refractivity contribution in [1.82, 2.24) is 36.1 Å². The number of para-hydroxylation sites is 2. The number of likely N-dealkylation sites (tertiary alicyclic amines) is 1. The fourth-order valence-electron chi connectivity index (χ4n) is 6.91. The van der Waals surface area contributed by atoms with Crippen molar-refractivity contribution in [2.45, 2.75) is 89.1 Å². The van der Waals surface area contributed by atoms with Gasteiger partial charge in [0, 0.05) is 18.4 Å². The van der Waals surface area contributed by atoms with E-state index in [0.29, 0.717) is 16.7 Å². The first-order valence-electron chi connectivity index (χ1n) is 16.9. The lowest BCUT2D eigenvalue weighted by Crippen LogP contribution is -2.61. The van der Waals surface area contributed by atoms with Crippen LogP contribution in [0.2, 0.25) is 0 Å². The van der Waals surface area contributed by atoms with Crippen molar-refractivity contribution in [3.63, 3.8) is 0 Å². The van der Waals surface area contributed by atoms with Crippen molar-refractivity contribution in [2.24, 2.45) is 11.3 Å². The van der Waals surface area contributed by atoms with Crippen LogP contribution in [-0.2, 0) is 14.4 Å². The average molecular weight is 699 g/mol. The first-order valence-corrected chi connectivity index (χ1v) is 17.8. The number of nitriles is 1. The summed E-state index contributed by atoms with van der Waals surface area (Å²) in [5.41, 5.74) is -0.218. The standard InChI is InChI=1S/C36H42N8O5S/c1-5-21-18-36(21,33(47)38-20-37)43-30(45)26-17-23(49-31-28(27-15-10-16-50-27)40-24-13-8-9-14-25(24)41-31)19-44(26)32(46)29(35(2,3)4)42-34(48)39-22-11-6-7-12-22/h5,8-10,13-16,21-23,26,29H,1,6-7,11-12,17-19H2,2-4H3,(H,38,47)(H,43,45)(H2,39,42,48)/t21?,23-,26+,29+,36-/m1/s1. The molecule has 3 fully saturated rings. The van der Waals surface area contributed by atoms with Crippen LogP contribution in [0.1, 0.15) is 59.3 Å². The lowest BCUT2D eigenvalue weighted by atomic mass is 9.85. The van der Waals surface area contributed by atoms with E-state index in [9.17, 15) is 19.2 Å². The largest absolute Gasteiger partial charge is 0.471 e. The van der Waals surface area contributed by atoms with Crippen LogP contribution in [0.5, 0.6) is 5.88 Å². The highest BCUT2D eigenvalue weighted by Crippen LogP contribution is 2.45. The maximum Gasteiger partial charge on any atom is 0.315 e. The third-order valence-corrected chi connectivity index (χ3v) is 10.6. The number of rotatable bonds is 10. The van der Waals surface area contributed by atoms with E-state index in [4.69, 9.17) is 20.0 Å². The number of benzene rings is 1. The van der Waals surface area contributed by atoms with E-state index in [1.54, 1.807) is 12.3 Å². The van der Waals surface area contributed by atoms with E-state index in [0.717, 1.165) is 30.6 Å². The van der Waals surface area contributed by atoms with Crippen LogP contribution in [0.3, 0.4) is 0 Å². The first-order chi connectivity index (χ1) is 23.9. The fraction of sp³-hybridized carbons (Fsp3) is 0.472. The lowest BCUT2D eigenvalue weighted by molar-refractivity contribution is -0.142. The molecule has 1 aliphatic heterocycles. The van der Waals surface area contributed by atoms with Crippen LogP contribution in [0.25, 0.3) is 21.6 Å². The molecular formula is C36H42N8O5S. The average Bonchev–Trinajstić information content (AvgIpc) is 3.57. The molecule has 1 saturated heterocycles. The van der Waals surface area contributed by atoms with Gasteiger partial charge in [0.05, 0.1) is 22.5 Å². The Bertz CT molecular complexity index is 1830. The van der Waals surface area contributed by atoms with Gasteiger partial charge >= 0.3 is 6.03 Å². The molecule has 262 valence electrons. The Labute approximate surface area is 294 Å². The van der Waals surface area contributed by atoms with Crippen LogP contribution in [0.15, 0.2) is 54.4 Å². The first kappa shape index (κ1) is 34.8. The fourth-order valence-corrected chi connectivity index (χ4v) is 7.62. The number of nitrogens with one attached hydrogen (secondary N) is 4. The second kappa shape index (κ2) is 14.1. The SMILES string of the molecule is C=CC1C[C@]1(NC(=O)[C@@H]1C[C@@H](Oc2nc3ccccc3nc2-c2cccs2)CN1C(=O)[C@H](NC(=O)NC1CCCC1)C(C)(C)C)C(=O)NC#N. The highest BCUT2D eigenvalue weighted by Gasteiger charge is 2.61. The van der Waals surface area contributed by atoms with E-state index in [1.807, 2.05) is 62.5 Å². The summed E-state index contributed by atoms with van der Waals surface area (Å²) in [5.74, 6) is -1.80. The molecule has 50 heavy (non-hydrogen) atoms. The molecule has 0 spiro atoms. The van der Waals surface area contributed by atoms with Gasteiger partial charge in [0.2, 0.25) is 17.7 Å². The van der Waals surface area contributed by atoms with E-state index in [2.05, 4.69) is 27.8 Å². The number of ether oxygens (including phenoxy) is 1. The molecule has 13 nitrogen and oxygen atoms in total. The molecule has 3 aliphatic rings. The van der Waals surface area contributed by atoms with Crippen LogP contribution in [-0.4, -0.2) is 74.9 Å². The Kier molecular flexibility index (Phi) is 9.80. The zero-order chi connectivity index (χ0) is 35.6. The van der Waals surface area contributed by atoms with Gasteiger partial charge in [-0.3, -0.25) is 19.7 Å². The molecule has 2 saturated carbocycles. The summed E-state index contributed by atoms with van der Waals surface area (Å²) >= 11 is 1.49. The lowest BCUT2D eigenvalue weighted by Gasteiger charge is -2.35. The predicted molar refractivity (Wildman–Crippen MR) is 187 cm³/mol. The van der Waals surface area contributed by atoms with Gasteiger partial charge in [-0.1, -0.05) is 57.9 Å². The van der Waals surface area contributed by atoms with Gasteiger partial charge in [0.1, 0.15) is 29.4 Å². The number of aromatic nitrogens is 2. The van der Waals surface area contributed by atoms with E-state index in [-0.39, 0.29) is 37.2 Å². The highest BCUT2D eigenvalue weighted by atomic mass is 32.1. The molecule has 1 aromatic carbocycles. The van der Waals surface area contributed by atoms with Gasteiger partial charge < -0.3 is 25.6 Å². The second-order valence-electron chi connectivity index (χ2n) is 14.3. The van der Waals surface area contributed by atoms with Gasteiger partial charge in [-0.15, -0.1) is 17.9 Å².